The minimum Gasteiger partial charge on any atom is -0.371 e. The smallest absolute Gasteiger partial charge is 0.0512 e. The molecule has 0 aliphatic carbocycles. The Labute approximate surface area is 91.8 Å². The van der Waals surface area contributed by atoms with Gasteiger partial charge in [-0.15, -0.1) is 11.3 Å². The van der Waals surface area contributed by atoms with Crippen LogP contribution in [-0.2, 0) is 5.41 Å². The lowest BCUT2D eigenvalue weighted by Gasteiger charge is -2.26. The lowest BCUT2D eigenvalue weighted by molar-refractivity contribution is 0.601. The van der Waals surface area contributed by atoms with E-state index >= 15 is 0 Å². The Hall–Kier alpha value is -0.500. The fraction of sp³-hybridized carbons (Fsp3) is 0.667. The van der Waals surface area contributed by atoms with Crippen molar-refractivity contribution in [2.24, 2.45) is 0 Å². The molecule has 0 radical (unpaired) electrons. The molecule has 0 aromatic carbocycles. The highest BCUT2D eigenvalue weighted by Gasteiger charge is 2.21. The first kappa shape index (κ1) is 11.6. The fourth-order valence-electron chi connectivity index (χ4n) is 1.68. The lowest BCUT2D eigenvalue weighted by atomic mass is 9.93. The highest BCUT2D eigenvalue weighted by atomic mass is 32.1. The molecule has 0 saturated carbocycles. The summed E-state index contributed by atoms with van der Waals surface area (Å²) in [5.41, 5.74) is 1.69. The van der Waals surface area contributed by atoms with Crippen LogP contribution < -0.4 is 4.90 Å². The highest BCUT2D eigenvalue weighted by molar-refractivity contribution is 7.10. The van der Waals surface area contributed by atoms with E-state index in [4.69, 9.17) is 0 Å². The molecule has 80 valence electrons. The summed E-state index contributed by atoms with van der Waals surface area (Å²) in [6.45, 7) is 13.5. The van der Waals surface area contributed by atoms with Crippen LogP contribution in [0.4, 0.5) is 5.69 Å². The van der Waals surface area contributed by atoms with Gasteiger partial charge in [0.2, 0.25) is 0 Å². The Morgan fingerprint density at radius 3 is 2.21 bits per heavy atom. The molecule has 0 amide bonds. The molecular formula is C12H21NS. The Morgan fingerprint density at radius 1 is 1.21 bits per heavy atom. The van der Waals surface area contributed by atoms with Gasteiger partial charge in [0.15, 0.2) is 0 Å². The summed E-state index contributed by atoms with van der Waals surface area (Å²) in [4.78, 5) is 3.93. The van der Waals surface area contributed by atoms with Gasteiger partial charge in [-0.3, -0.25) is 0 Å². The van der Waals surface area contributed by atoms with Crippen molar-refractivity contribution in [3.8, 4) is 0 Å². The van der Waals surface area contributed by atoms with Crippen LogP contribution in [0, 0.1) is 0 Å². The molecule has 0 atom stereocenters. The quantitative estimate of drug-likeness (QED) is 0.733. The van der Waals surface area contributed by atoms with Crippen molar-refractivity contribution in [3.63, 3.8) is 0 Å². The molecule has 0 saturated heterocycles. The molecule has 1 nitrogen and oxygen atoms in total. The third kappa shape index (κ3) is 2.30. The van der Waals surface area contributed by atoms with Crippen molar-refractivity contribution in [1.82, 2.24) is 0 Å². The van der Waals surface area contributed by atoms with Crippen LogP contribution in [0.25, 0.3) is 0 Å². The number of rotatable bonds is 3. The summed E-state index contributed by atoms with van der Waals surface area (Å²) < 4.78 is 0. The maximum atomic E-state index is 2.43. The van der Waals surface area contributed by atoms with Gasteiger partial charge in [0.25, 0.3) is 0 Å². The maximum absolute atomic E-state index is 2.43. The van der Waals surface area contributed by atoms with E-state index in [1.54, 1.807) is 0 Å². The summed E-state index contributed by atoms with van der Waals surface area (Å²) in [7, 11) is 0. The van der Waals surface area contributed by atoms with E-state index in [1.165, 1.54) is 10.6 Å². The SMILES string of the molecule is CCN(CC)c1ccsc1C(C)(C)C. The van der Waals surface area contributed by atoms with Gasteiger partial charge in [-0.25, -0.2) is 0 Å². The molecule has 1 heterocycles. The summed E-state index contributed by atoms with van der Waals surface area (Å²) in [5, 5.41) is 2.20. The van der Waals surface area contributed by atoms with Gasteiger partial charge in [-0.1, -0.05) is 20.8 Å². The zero-order valence-corrected chi connectivity index (χ0v) is 10.7. The Morgan fingerprint density at radius 2 is 1.79 bits per heavy atom. The predicted octanol–water partition coefficient (Wildman–Crippen LogP) is 3.89. The first-order valence-electron chi connectivity index (χ1n) is 5.33. The van der Waals surface area contributed by atoms with Gasteiger partial charge in [0.05, 0.1) is 5.69 Å². The fourth-order valence-corrected chi connectivity index (χ4v) is 2.68. The Kier molecular flexibility index (Phi) is 3.59. The topological polar surface area (TPSA) is 3.24 Å². The summed E-state index contributed by atoms with van der Waals surface area (Å²) in [5.74, 6) is 0. The second kappa shape index (κ2) is 4.35. The number of thiophene rings is 1. The molecule has 1 aromatic heterocycles. The van der Waals surface area contributed by atoms with Crippen molar-refractivity contribution in [1.29, 1.82) is 0 Å². The summed E-state index contributed by atoms with van der Waals surface area (Å²) in [6, 6.07) is 2.25. The normalized spacial score (nSPS) is 11.8. The second-order valence-electron chi connectivity index (χ2n) is 4.56. The van der Waals surface area contributed by atoms with Gasteiger partial charge in [0.1, 0.15) is 0 Å². The third-order valence-electron chi connectivity index (χ3n) is 2.43. The molecule has 0 spiro atoms. The average molecular weight is 211 g/mol. The zero-order valence-electron chi connectivity index (χ0n) is 9.92. The van der Waals surface area contributed by atoms with Crippen molar-refractivity contribution in [2.45, 2.75) is 40.0 Å². The monoisotopic (exact) mass is 211 g/mol. The molecule has 0 aliphatic rings. The Balaban J connectivity index is 3.03. The first-order valence-corrected chi connectivity index (χ1v) is 6.21. The molecule has 0 bridgehead atoms. The molecule has 1 rings (SSSR count). The van der Waals surface area contributed by atoms with Crippen molar-refractivity contribution in [3.05, 3.63) is 16.3 Å². The standard InChI is InChI=1S/C12H21NS/c1-6-13(7-2)10-8-9-14-11(10)12(3,4)5/h8-9H,6-7H2,1-5H3. The molecular weight excluding hydrogens is 190 g/mol. The van der Waals surface area contributed by atoms with E-state index in [0.29, 0.717) is 0 Å². The van der Waals surface area contributed by atoms with Gasteiger partial charge in [0, 0.05) is 18.0 Å². The van der Waals surface area contributed by atoms with E-state index in [9.17, 15) is 0 Å². The van der Waals surface area contributed by atoms with E-state index < -0.39 is 0 Å². The van der Waals surface area contributed by atoms with E-state index in [0.717, 1.165) is 13.1 Å². The average Bonchev–Trinajstić information content (AvgIpc) is 2.54. The van der Waals surface area contributed by atoms with Gasteiger partial charge >= 0.3 is 0 Å². The molecule has 0 fully saturated rings. The minimum absolute atomic E-state index is 0.270. The van der Waals surface area contributed by atoms with Crippen molar-refractivity contribution < 1.29 is 0 Å². The van der Waals surface area contributed by atoms with Crippen LogP contribution >= 0.6 is 11.3 Å². The molecule has 0 N–H and O–H groups in total. The summed E-state index contributed by atoms with van der Waals surface area (Å²) >= 11 is 1.87. The van der Waals surface area contributed by atoms with Crippen LogP contribution in [0.1, 0.15) is 39.5 Å². The van der Waals surface area contributed by atoms with Crippen molar-refractivity contribution >= 4 is 17.0 Å². The van der Waals surface area contributed by atoms with Crippen LogP contribution in [0.2, 0.25) is 0 Å². The van der Waals surface area contributed by atoms with Crippen LogP contribution in [0.15, 0.2) is 11.4 Å². The minimum atomic E-state index is 0.270. The van der Waals surface area contributed by atoms with Gasteiger partial charge in [-0.2, -0.15) is 0 Å². The number of anilines is 1. The Bertz CT molecular complexity index is 279. The van der Waals surface area contributed by atoms with Crippen LogP contribution in [0.5, 0.6) is 0 Å². The van der Waals surface area contributed by atoms with E-state index in [2.05, 4.69) is 51.0 Å². The van der Waals surface area contributed by atoms with Crippen molar-refractivity contribution in [2.75, 3.05) is 18.0 Å². The van der Waals surface area contributed by atoms with E-state index in [1.807, 2.05) is 11.3 Å². The number of hydrogen-bond donors (Lipinski definition) is 0. The predicted molar refractivity (Wildman–Crippen MR) is 66.6 cm³/mol. The number of hydrogen-bond acceptors (Lipinski definition) is 2. The number of nitrogens with zero attached hydrogens (tertiary/aromatic N) is 1. The van der Waals surface area contributed by atoms with Crippen LogP contribution in [-0.4, -0.2) is 13.1 Å². The first-order chi connectivity index (χ1) is 6.50. The summed E-state index contributed by atoms with van der Waals surface area (Å²) in [6.07, 6.45) is 0. The van der Waals surface area contributed by atoms with Gasteiger partial charge in [-0.05, 0) is 30.7 Å². The largest absolute Gasteiger partial charge is 0.371 e. The van der Waals surface area contributed by atoms with E-state index in [-0.39, 0.29) is 5.41 Å². The molecule has 0 unspecified atom stereocenters. The zero-order chi connectivity index (χ0) is 10.8. The second-order valence-corrected chi connectivity index (χ2v) is 5.47. The molecule has 1 aromatic rings. The third-order valence-corrected chi connectivity index (χ3v) is 3.76. The maximum Gasteiger partial charge on any atom is 0.0512 e. The van der Waals surface area contributed by atoms with Crippen LogP contribution in [0.3, 0.4) is 0 Å². The molecule has 0 aliphatic heterocycles. The lowest BCUT2D eigenvalue weighted by Crippen LogP contribution is -2.24. The molecule has 2 heteroatoms. The van der Waals surface area contributed by atoms with Gasteiger partial charge < -0.3 is 4.90 Å². The highest BCUT2D eigenvalue weighted by Crippen LogP contribution is 2.36. The molecule has 14 heavy (non-hydrogen) atoms.